The highest BCUT2D eigenvalue weighted by Crippen LogP contribution is 2.30. The van der Waals surface area contributed by atoms with Crippen molar-refractivity contribution in [3.8, 4) is 0 Å². The monoisotopic (exact) mass is 491 g/mol. The normalized spacial score (nSPS) is 15.3. The molecule has 0 saturated heterocycles. The molecule has 0 aliphatic carbocycles. The highest BCUT2D eigenvalue weighted by molar-refractivity contribution is 7.07. The summed E-state index contributed by atoms with van der Waals surface area (Å²) in [6, 6.07) is 13.7. The van der Waals surface area contributed by atoms with E-state index in [1.54, 1.807) is 31.2 Å². The first-order chi connectivity index (χ1) is 16.7. The summed E-state index contributed by atoms with van der Waals surface area (Å²) in [7, 11) is 6.53. The van der Waals surface area contributed by atoms with Crippen molar-refractivity contribution in [2.75, 3.05) is 33.2 Å². The van der Waals surface area contributed by atoms with Crippen LogP contribution in [-0.4, -0.2) is 44.8 Å². The average molecular weight is 492 g/mol. The van der Waals surface area contributed by atoms with Crippen LogP contribution in [0.1, 0.15) is 34.5 Å². The summed E-state index contributed by atoms with van der Waals surface area (Å²) in [4.78, 5) is 45.3. The zero-order chi connectivity index (χ0) is 25.3. The molecule has 0 unspecified atom stereocenters. The molecule has 4 rings (SSSR count). The van der Waals surface area contributed by atoms with Crippen LogP contribution < -0.4 is 19.8 Å². The van der Waals surface area contributed by atoms with Gasteiger partial charge in [-0.3, -0.25) is 9.36 Å². The van der Waals surface area contributed by atoms with Crippen molar-refractivity contribution in [3.63, 3.8) is 0 Å². The molecule has 0 N–H and O–H groups in total. The summed E-state index contributed by atoms with van der Waals surface area (Å²) in [5, 5.41) is 0. The minimum atomic E-state index is -0.747. The zero-order valence-corrected chi connectivity index (χ0v) is 20.9. The van der Waals surface area contributed by atoms with Gasteiger partial charge in [0.15, 0.2) is 4.80 Å². The molecule has 0 saturated carbocycles. The lowest BCUT2D eigenvalue weighted by Gasteiger charge is -2.24. The maximum absolute atomic E-state index is 13.6. The smallest absolute Gasteiger partial charge is 0.338 e. The molecule has 8 nitrogen and oxygen atoms in total. The first kappa shape index (κ1) is 24.2. The van der Waals surface area contributed by atoms with E-state index in [0.29, 0.717) is 26.2 Å². The Labute approximate surface area is 206 Å². The number of methoxy groups -OCH3 is 2. The molecule has 0 amide bonds. The number of anilines is 1. The van der Waals surface area contributed by atoms with Crippen LogP contribution in [0.3, 0.4) is 0 Å². The minimum Gasteiger partial charge on any atom is -0.466 e. The Morgan fingerprint density at radius 1 is 1.00 bits per heavy atom. The summed E-state index contributed by atoms with van der Waals surface area (Å²) in [6.07, 6.45) is 1.82. The SMILES string of the molecule is COC(=O)C1=C(C)N=c2s/c(=C\c3ccc(N(C)C)cc3)c(=O)n2[C@H]1c1ccc(C(=O)OC)cc1. The van der Waals surface area contributed by atoms with Gasteiger partial charge in [-0.15, -0.1) is 0 Å². The van der Waals surface area contributed by atoms with Crippen LogP contribution in [0.2, 0.25) is 0 Å². The standard InChI is InChI=1S/C26H25N3O5S/c1-15-21(25(32)34-5)22(17-8-10-18(11-9-17)24(31)33-4)29-23(30)20(35-26(29)27-15)14-16-6-12-19(13-7-16)28(2)3/h6-14,22H,1-5H3/b20-14-/t22-/m0/s1. The molecular weight excluding hydrogens is 466 g/mol. The van der Waals surface area contributed by atoms with Crippen molar-refractivity contribution in [1.29, 1.82) is 0 Å². The van der Waals surface area contributed by atoms with E-state index in [0.717, 1.165) is 11.3 Å². The Balaban J connectivity index is 1.88. The van der Waals surface area contributed by atoms with Gasteiger partial charge >= 0.3 is 11.9 Å². The molecule has 0 fully saturated rings. The van der Waals surface area contributed by atoms with Crippen LogP contribution in [0.25, 0.3) is 6.08 Å². The molecular formula is C26H25N3O5S. The summed E-state index contributed by atoms with van der Waals surface area (Å²) >= 11 is 1.26. The topological polar surface area (TPSA) is 90.2 Å². The number of allylic oxidation sites excluding steroid dienone is 1. The lowest BCUT2D eigenvalue weighted by atomic mass is 9.95. The van der Waals surface area contributed by atoms with Crippen molar-refractivity contribution in [1.82, 2.24) is 4.57 Å². The Bertz CT molecular complexity index is 1500. The minimum absolute atomic E-state index is 0.263. The third kappa shape index (κ3) is 4.54. The molecule has 9 heteroatoms. The van der Waals surface area contributed by atoms with E-state index < -0.39 is 18.0 Å². The summed E-state index contributed by atoms with van der Waals surface area (Å²) < 4.78 is 11.8. The number of rotatable bonds is 5. The molecule has 0 bridgehead atoms. The fourth-order valence-corrected chi connectivity index (χ4v) is 4.99. The molecule has 0 radical (unpaired) electrons. The molecule has 2 heterocycles. The zero-order valence-electron chi connectivity index (χ0n) is 20.1. The molecule has 180 valence electrons. The Kier molecular flexibility index (Phi) is 6.70. The van der Waals surface area contributed by atoms with Crippen LogP contribution in [0.15, 0.2) is 69.6 Å². The number of thiazole rings is 1. The fraction of sp³-hybridized carbons (Fsp3) is 0.231. The molecule has 1 aliphatic rings. The van der Waals surface area contributed by atoms with E-state index in [-0.39, 0.29) is 11.1 Å². The highest BCUT2D eigenvalue weighted by atomic mass is 32.1. The van der Waals surface area contributed by atoms with Gasteiger partial charge in [0.2, 0.25) is 0 Å². The van der Waals surface area contributed by atoms with E-state index in [2.05, 4.69) is 4.99 Å². The van der Waals surface area contributed by atoms with Crippen molar-refractivity contribution in [2.24, 2.45) is 4.99 Å². The maximum atomic E-state index is 13.6. The van der Waals surface area contributed by atoms with E-state index in [1.807, 2.05) is 49.3 Å². The highest BCUT2D eigenvalue weighted by Gasteiger charge is 2.33. The molecule has 0 spiro atoms. The van der Waals surface area contributed by atoms with Crippen LogP contribution >= 0.6 is 11.3 Å². The number of carbonyl (C=O) groups is 2. The largest absolute Gasteiger partial charge is 0.466 e. The van der Waals surface area contributed by atoms with Crippen LogP contribution in [-0.2, 0) is 14.3 Å². The third-order valence-electron chi connectivity index (χ3n) is 5.78. The van der Waals surface area contributed by atoms with Crippen LogP contribution in [0.5, 0.6) is 0 Å². The van der Waals surface area contributed by atoms with E-state index >= 15 is 0 Å². The van der Waals surface area contributed by atoms with E-state index in [9.17, 15) is 14.4 Å². The number of ether oxygens (including phenoxy) is 2. The quantitative estimate of drug-likeness (QED) is 0.509. The van der Waals surface area contributed by atoms with Crippen LogP contribution in [0, 0.1) is 0 Å². The Hall–Kier alpha value is -3.98. The average Bonchev–Trinajstić information content (AvgIpc) is 3.16. The fourth-order valence-electron chi connectivity index (χ4n) is 3.95. The summed E-state index contributed by atoms with van der Waals surface area (Å²) in [6.45, 7) is 1.72. The van der Waals surface area contributed by atoms with Gasteiger partial charge in [0.25, 0.3) is 5.56 Å². The summed E-state index contributed by atoms with van der Waals surface area (Å²) in [5.74, 6) is -1.04. The molecule has 1 aliphatic heterocycles. The van der Waals surface area contributed by atoms with Crippen LogP contribution in [0.4, 0.5) is 5.69 Å². The molecule has 1 atom stereocenters. The third-order valence-corrected chi connectivity index (χ3v) is 6.76. The Morgan fingerprint density at radius 3 is 2.20 bits per heavy atom. The second kappa shape index (κ2) is 9.71. The van der Waals surface area contributed by atoms with Crippen molar-refractivity contribution in [3.05, 3.63) is 96.2 Å². The Morgan fingerprint density at radius 2 is 1.63 bits per heavy atom. The lowest BCUT2D eigenvalue weighted by Crippen LogP contribution is -2.39. The van der Waals surface area contributed by atoms with Gasteiger partial charge in [-0.2, -0.15) is 0 Å². The van der Waals surface area contributed by atoms with Crippen molar-refractivity contribution in [2.45, 2.75) is 13.0 Å². The maximum Gasteiger partial charge on any atom is 0.338 e. The second-order valence-corrected chi connectivity index (χ2v) is 9.18. The number of hydrogen-bond acceptors (Lipinski definition) is 8. The van der Waals surface area contributed by atoms with Gasteiger partial charge in [0.05, 0.1) is 41.6 Å². The van der Waals surface area contributed by atoms with Gasteiger partial charge < -0.3 is 14.4 Å². The molecule has 2 aromatic carbocycles. The van der Waals surface area contributed by atoms with Gasteiger partial charge in [-0.25, -0.2) is 14.6 Å². The van der Waals surface area contributed by atoms with Gasteiger partial charge in [-0.05, 0) is 48.4 Å². The number of carbonyl (C=O) groups excluding carboxylic acids is 2. The van der Waals surface area contributed by atoms with Gasteiger partial charge in [0, 0.05) is 19.8 Å². The summed E-state index contributed by atoms with van der Waals surface area (Å²) in [5.41, 5.74) is 3.43. The predicted octanol–water partition coefficient (Wildman–Crippen LogP) is 2.26. The number of esters is 2. The lowest BCUT2D eigenvalue weighted by molar-refractivity contribution is -0.136. The van der Waals surface area contributed by atoms with Crippen molar-refractivity contribution < 1.29 is 19.1 Å². The molecule has 35 heavy (non-hydrogen) atoms. The predicted molar refractivity (Wildman–Crippen MR) is 134 cm³/mol. The first-order valence-corrected chi connectivity index (χ1v) is 11.6. The number of benzene rings is 2. The van der Waals surface area contributed by atoms with E-state index in [4.69, 9.17) is 9.47 Å². The number of hydrogen-bond donors (Lipinski definition) is 0. The molecule has 3 aromatic rings. The van der Waals surface area contributed by atoms with Crippen molar-refractivity contribution >= 4 is 35.0 Å². The van der Waals surface area contributed by atoms with Gasteiger partial charge in [-0.1, -0.05) is 35.6 Å². The molecule has 1 aromatic heterocycles. The van der Waals surface area contributed by atoms with Gasteiger partial charge in [0.1, 0.15) is 0 Å². The number of fused-ring (bicyclic) bond motifs is 1. The second-order valence-electron chi connectivity index (χ2n) is 8.17. The number of aromatic nitrogens is 1. The first-order valence-electron chi connectivity index (χ1n) is 10.8. The number of nitrogens with zero attached hydrogens (tertiary/aromatic N) is 3. The van der Waals surface area contributed by atoms with E-state index in [1.165, 1.54) is 30.1 Å².